The van der Waals surface area contributed by atoms with Crippen LogP contribution >= 0.6 is 0 Å². The predicted molar refractivity (Wildman–Crippen MR) is 183 cm³/mol. The van der Waals surface area contributed by atoms with Crippen LogP contribution < -0.4 is 19.7 Å². The second kappa shape index (κ2) is 11.2. The summed E-state index contributed by atoms with van der Waals surface area (Å²) in [6.07, 6.45) is 3.16. The summed E-state index contributed by atoms with van der Waals surface area (Å²) in [5, 5.41) is 3.07. The van der Waals surface area contributed by atoms with Gasteiger partial charge in [0.25, 0.3) is 0 Å². The molecule has 4 aliphatic heterocycles. The molecule has 0 aliphatic carbocycles. The van der Waals surface area contributed by atoms with E-state index in [2.05, 4.69) is 5.32 Å². The molecule has 1 spiro atoms. The molecule has 0 aromatic heterocycles. The number of Topliss-reactive ketones (excluding diaryl/α,β-unsaturated/α-hetero) is 1. The third-order valence-corrected chi connectivity index (χ3v) is 10.2. The summed E-state index contributed by atoms with van der Waals surface area (Å²) >= 11 is 0. The topological polar surface area (TPSA) is 94.2 Å². The van der Waals surface area contributed by atoms with E-state index >= 15 is 9.59 Å². The summed E-state index contributed by atoms with van der Waals surface area (Å²) < 4.78 is 17.7. The van der Waals surface area contributed by atoms with Gasteiger partial charge in [0.1, 0.15) is 11.5 Å². The fourth-order valence-electron chi connectivity index (χ4n) is 8.09. The largest absolute Gasteiger partial charge is 0.454 e. The maximum atomic E-state index is 15.2. The minimum atomic E-state index is -1.47. The first-order chi connectivity index (χ1) is 24.1. The number of amides is 1. The fraction of sp³-hybridized carbons (Fsp3) is 0.146. The lowest BCUT2D eigenvalue weighted by atomic mass is 9.64. The summed E-state index contributed by atoms with van der Waals surface area (Å²) in [6, 6.07) is 37.4. The van der Waals surface area contributed by atoms with E-state index in [0.717, 1.165) is 22.4 Å². The summed E-state index contributed by atoms with van der Waals surface area (Å²) in [5.41, 5.74) is 3.30. The van der Waals surface area contributed by atoms with Crippen LogP contribution in [-0.2, 0) is 19.7 Å². The second-order valence-electron chi connectivity index (χ2n) is 12.6. The Morgan fingerprint density at radius 3 is 2.24 bits per heavy atom. The van der Waals surface area contributed by atoms with Gasteiger partial charge in [0.2, 0.25) is 12.7 Å². The molecule has 1 saturated heterocycles. The quantitative estimate of drug-likeness (QED) is 0.162. The van der Waals surface area contributed by atoms with Crippen molar-refractivity contribution in [1.82, 2.24) is 0 Å². The molecule has 8 heteroatoms. The van der Waals surface area contributed by atoms with Crippen LogP contribution in [0.4, 0.5) is 11.4 Å². The van der Waals surface area contributed by atoms with E-state index < -0.39 is 35.5 Å². The molecule has 49 heavy (non-hydrogen) atoms. The van der Waals surface area contributed by atoms with E-state index in [-0.39, 0.29) is 18.5 Å². The van der Waals surface area contributed by atoms with Crippen molar-refractivity contribution in [3.8, 4) is 11.5 Å². The number of esters is 1. The highest BCUT2D eigenvalue weighted by atomic mass is 16.7. The average molecular weight is 647 g/mol. The van der Waals surface area contributed by atoms with Crippen LogP contribution in [-0.4, -0.2) is 36.5 Å². The molecule has 0 radical (unpaired) electrons. The third kappa shape index (κ3) is 4.33. The molecule has 4 atom stereocenters. The molecule has 5 aromatic rings. The van der Waals surface area contributed by atoms with Crippen LogP contribution in [0.25, 0.3) is 6.08 Å². The van der Waals surface area contributed by atoms with Crippen LogP contribution in [0.2, 0.25) is 0 Å². The number of hydrogen-bond acceptors (Lipinski definition) is 7. The highest BCUT2D eigenvalue weighted by molar-refractivity contribution is 6.16. The highest BCUT2D eigenvalue weighted by Gasteiger charge is 2.71. The number of nitrogens with zero attached hydrogens (tertiary/aromatic N) is 1. The Balaban J connectivity index is 1.26. The van der Waals surface area contributed by atoms with E-state index in [4.69, 9.17) is 14.2 Å². The lowest BCUT2D eigenvalue weighted by molar-refractivity contribution is -0.150. The average Bonchev–Trinajstić information content (AvgIpc) is 3.84. The van der Waals surface area contributed by atoms with Gasteiger partial charge in [-0.05, 0) is 52.6 Å². The van der Waals surface area contributed by atoms with Crippen molar-refractivity contribution < 1.29 is 28.6 Å². The number of rotatable bonds is 6. The number of fused-ring (bicyclic) bond motifs is 7. The molecule has 1 N–H and O–H groups in total. The van der Waals surface area contributed by atoms with Gasteiger partial charge in [0.15, 0.2) is 23.4 Å². The minimum absolute atomic E-state index is 0.0445. The Labute approximate surface area is 282 Å². The van der Waals surface area contributed by atoms with Crippen molar-refractivity contribution in [2.45, 2.75) is 23.6 Å². The first-order valence-electron chi connectivity index (χ1n) is 16.3. The molecule has 1 fully saturated rings. The van der Waals surface area contributed by atoms with Crippen LogP contribution in [0.3, 0.4) is 0 Å². The maximum absolute atomic E-state index is 15.2. The number of carbonyl (C=O) groups excluding carboxylic acids is 3. The van der Waals surface area contributed by atoms with Crippen LogP contribution in [0, 0.1) is 5.92 Å². The molecule has 0 saturated carbocycles. The lowest BCUT2D eigenvalue weighted by Crippen LogP contribution is -2.51. The van der Waals surface area contributed by atoms with E-state index in [0.29, 0.717) is 28.3 Å². The van der Waals surface area contributed by atoms with Crippen LogP contribution in [0.1, 0.15) is 38.7 Å². The van der Waals surface area contributed by atoms with E-state index in [1.807, 2.05) is 126 Å². The summed E-state index contributed by atoms with van der Waals surface area (Å²) in [6.45, 7) is 0.0445. The van der Waals surface area contributed by atoms with Gasteiger partial charge in [0.05, 0.1) is 12.0 Å². The fourth-order valence-corrected chi connectivity index (χ4v) is 8.09. The van der Waals surface area contributed by atoms with Gasteiger partial charge in [-0.3, -0.25) is 9.59 Å². The minimum Gasteiger partial charge on any atom is -0.454 e. The van der Waals surface area contributed by atoms with Crippen molar-refractivity contribution >= 4 is 35.1 Å². The summed E-state index contributed by atoms with van der Waals surface area (Å²) in [7, 11) is 0. The van der Waals surface area contributed by atoms with Crippen molar-refractivity contribution in [3.05, 3.63) is 161 Å². The monoisotopic (exact) mass is 646 g/mol. The van der Waals surface area contributed by atoms with Crippen LogP contribution in [0.5, 0.6) is 11.5 Å². The third-order valence-electron chi connectivity index (χ3n) is 10.2. The Bertz CT molecular complexity index is 2130. The SMILES string of the molecule is O=C(c1ccc2c(c1)OCO2)[C@@H]1[C@H](C(=O)OC(c2ccccc2)c2ccccc2)N2c3ccccc3C=C[C@@H]2[C@@]12C(=O)Nc1ccccc12. The lowest BCUT2D eigenvalue weighted by Gasteiger charge is -2.37. The van der Waals surface area contributed by atoms with Gasteiger partial charge >= 0.3 is 5.97 Å². The van der Waals surface area contributed by atoms with Gasteiger partial charge in [-0.15, -0.1) is 0 Å². The number of anilines is 2. The zero-order valence-electron chi connectivity index (χ0n) is 26.2. The molecule has 5 aromatic carbocycles. The highest BCUT2D eigenvalue weighted by Crippen LogP contribution is 2.58. The molecular weight excluding hydrogens is 616 g/mol. The van der Waals surface area contributed by atoms with E-state index in [9.17, 15) is 4.79 Å². The zero-order chi connectivity index (χ0) is 33.1. The van der Waals surface area contributed by atoms with Crippen molar-refractivity contribution in [3.63, 3.8) is 0 Å². The van der Waals surface area contributed by atoms with Gasteiger partial charge < -0.3 is 24.4 Å². The summed E-state index contributed by atoms with van der Waals surface area (Å²) in [5.74, 6) is -1.55. The standard InChI is InChI=1S/C41H30N2O6/c44-37(28-19-21-32-33(23-28)48-24-47-32)35-36(39(45)49-38(26-12-3-1-4-13-26)27-14-5-2-6-15-27)43-31-18-10-7-11-25(31)20-22-34(43)41(35)29-16-8-9-17-30(29)42-40(41)46/h1-23,34-36,38H,24H2,(H,42,46)/t34-,35+,36-,41-/m1/s1. The number of nitrogens with one attached hydrogen (secondary N) is 1. The van der Waals surface area contributed by atoms with E-state index in [1.54, 1.807) is 18.2 Å². The Morgan fingerprint density at radius 1 is 0.796 bits per heavy atom. The number of hydrogen-bond donors (Lipinski definition) is 1. The van der Waals surface area contributed by atoms with E-state index in [1.165, 1.54) is 0 Å². The Morgan fingerprint density at radius 2 is 1.47 bits per heavy atom. The number of ether oxygens (including phenoxy) is 3. The van der Waals surface area contributed by atoms with Crippen LogP contribution in [0.15, 0.2) is 133 Å². The molecule has 8 nitrogen and oxygen atoms in total. The molecule has 0 bridgehead atoms. The predicted octanol–water partition coefficient (Wildman–Crippen LogP) is 6.72. The number of carbonyl (C=O) groups is 3. The number of ketones is 1. The van der Waals surface area contributed by atoms with Gasteiger partial charge in [0, 0.05) is 16.9 Å². The van der Waals surface area contributed by atoms with Crippen molar-refractivity contribution in [1.29, 1.82) is 0 Å². The normalized spacial score (nSPS) is 22.4. The molecule has 0 unspecified atom stereocenters. The molecule has 1 amide bonds. The molecular formula is C41H30N2O6. The molecule has 4 aliphatic rings. The van der Waals surface area contributed by atoms with Gasteiger partial charge in [-0.1, -0.05) is 109 Å². The van der Waals surface area contributed by atoms with Crippen molar-refractivity contribution in [2.75, 3.05) is 17.0 Å². The second-order valence-corrected chi connectivity index (χ2v) is 12.6. The smallest absolute Gasteiger partial charge is 0.330 e. The maximum Gasteiger partial charge on any atom is 0.330 e. The number of benzene rings is 5. The summed E-state index contributed by atoms with van der Waals surface area (Å²) in [4.78, 5) is 47.0. The molecule has 4 heterocycles. The van der Waals surface area contributed by atoms with Gasteiger partial charge in [-0.2, -0.15) is 0 Å². The first-order valence-corrected chi connectivity index (χ1v) is 16.3. The molecule has 9 rings (SSSR count). The zero-order valence-corrected chi connectivity index (χ0v) is 26.2. The van der Waals surface area contributed by atoms with Crippen molar-refractivity contribution in [2.24, 2.45) is 5.92 Å². The Hall–Kier alpha value is -6.15. The number of para-hydroxylation sites is 2. The van der Waals surface area contributed by atoms with Gasteiger partial charge in [-0.25, -0.2) is 4.79 Å². The Kier molecular flexibility index (Phi) is 6.65. The first kappa shape index (κ1) is 29.0. The molecule has 240 valence electrons.